The van der Waals surface area contributed by atoms with Gasteiger partial charge in [0.15, 0.2) is 0 Å². The summed E-state index contributed by atoms with van der Waals surface area (Å²) in [5.41, 5.74) is 4.49. The third-order valence-electron chi connectivity index (χ3n) is 7.15. The fourth-order valence-corrected chi connectivity index (χ4v) is 5.55. The molecule has 4 aromatic rings. The van der Waals surface area contributed by atoms with Crippen LogP contribution in [-0.4, -0.2) is 16.6 Å². The number of rotatable bonds is 3. The molecule has 3 aliphatic rings. The fourth-order valence-electron chi connectivity index (χ4n) is 5.55. The standard InChI is InChI=1S/C30H23N3O2/c34-29-30(24-16-8-9-17-26(24)32(29)20-21-11-3-1-4-12-21)33-27(23-15-7-10-18-28(23)35-30)19-25(31-33)22-13-5-2-6-14-22/h1-18,27H,19-20H2/t27-,30+/m1/s1. The molecular weight excluding hydrogens is 434 g/mol. The van der Waals surface area contributed by atoms with Gasteiger partial charge in [-0.3, -0.25) is 4.79 Å². The summed E-state index contributed by atoms with van der Waals surface area (Å²) in [5, 5.41) is 7.00. The number of carbonyl (C=O) groups is 1. The average molecular weight is 458 g/mol. The molecule has 1 amide bonds. The van der Waals surface area contributed by atoms with Crippen LogP contribution in [0.4, 0.5) is 5.69 Å². The Morgan fingerprint density at radius 3 is 2.34 bits per heavy atom. The summed E-state index contributed by atoms with van der Waals surface area (Å²) in [7, 11) is 0. The third kappa shape index (κ3) is 2.88. The highest BCUT2D eigenvalue weighted by atomic mass is 16.5. The van der Waals surface area contributed by atoms with Crippen molar-refractivity contribution < 1.29 is 9.53 Å². The molecule has 1 spiro atoms. The van der Waals surface area contributed by atoms with Crippen LogP contribution in [0.2, 0.25) is 0 Å². The van der Waals surface area contributed by atoms with E-state index in [0.717, 1.165) is 39.4 Å². The zero-order valence-corrected chi connectivity index (χ0v) is 19.0. The molecule has 0 fully saturated rings. The summed E-state index contributed by atoms with van der Waals surface area (Å²) >= 11 is 0. The first kappa shape index (κ1) is 20.0. The number of fused-ring (bicyclic) bond motifs is 6. The smallest absolute Gasteiger partial charge is 0.306 e. The summed E-state index contributed by atoms with van der Waals surface area (Å²) in [6, 6.07) is 36.1. The number of para-hydroxylation sites is 2. The molecule has 170 valence electrons. The van der Waals surface area contributed by atoms with Crippen molar-refractivity contribution in [3.8, 4) is 5.75 Å². The zero-order chi connectivity index (χ0) is 23.4. The average Bonchev–Trinajstić information content (AvgIpc) is 3.46. The van der Waals surface area contributed by atoms with Gasteiger partial charge in [0.1, 0.15) is 5.75 Å². The number of hydrazone groups is 1. The lowest BCUT2D eigenvalue weighted by atomic mass is 9.92. The Kier molecular flexibility index (Phi) is 4.33. The van der Waals surface area contributed by atoms with Crippen molar-refractivity contribution >= 4 is 17.3 Å². The van der Waals surface area contributed by atoms with Gasteiger partial charge < -0.3 is 9.64 Å². The predicted molar refractivity (Wildman–Crippen MR) is 135 cm³/mol. The van der Waals surface area contributed by atoms with Crippen molar-refractivity contribution in [2.45, 2.75) is 24.7 Å². The van der Waals surface area contributed by atoms with Crippen LogP contribution in [0.15, 0.2) is 114 Å². The molecule has 4 aromatic carbocycles. The van der Waals surface area contributed by atoms with Gasteiger partial charge in [0, 0.05) is 12.0 Å². The van der Waals surface area contributed by atoms with Crippen LogP contribution in [0, 0.1) is 0 Å². The van der Waals surface area contributed by atoms with Gasteiger partial charge in [-0.25, -0.2) is 5.01 Å². The van der Waals surface area contributed by atoms with E-state index in [1.807, 2.05) is 101 Å². The number of carbonyl (C=O) groups excluding carboxylic acids is 1. The number of anilines is 1. The highest BCUT2D eigenvalue weighted by Crippen LogP contribution is 2.55. The van der Waals surface area contributed by atoms with Crippen LogP contribution in [0.5, 0.6) is 5.75 Å². The lowest BCUT2D eigenvalue weighted by Gasteiger charge is -2.44. The SMILES string of the molecule is O=C1N(Cc2ccccc2)c2ccccc2[C@]12Oc1ccccc1[C@H]1CC(c3ccccc3)=NN12. The second kappa shape index (κ2) is 7.57. The number of benzene rings is 4. The van der Waals surface area contributed by atoms with Crippen LogP contribution in [-0.2, 0) is 17.1 Å². The third-order valence-corrected chi connectivity index (χ3v) is 7.15. The van der Waals surface area contributed by atoms with E-state index in [9.17, 15) is 4.79 Å². The van der Waals surface area contributed by atoms with Crippen LogP contribution in [0.25, 0.3) is 0 Å². The van der Waals surface area contributed by atoms with Gasteiger partial charge in [-0.1, -0.05) is 97.1 Å². The first-order chi connectivity index (χ1) is 17.3. The quantitative estimate of drug-likeness (QED) is 0.401. The monoisotopic (exact) mass is 457 g/mol. The van der Waals surface area contributed by atoms with Gasteiger partial charge in [0.2, 0.25) is 0 Å². The summed E-state index contributed by atoms with van der Waals surface area (Å²) in [5.74, 6) is 0.628. The number of nitrogens with zero attached hydrogens (tertiary/aromatic N) is 3. The summed E-state index contributed by atoms with van der Waals surface area (Å²) in [6.45, 7) is 0.469. The molecule has 0 unspecified atom stereocenters. The summed E-state index contributed by atoms with van der Waals surface area (Å²) in [4.78, 5) is 16.3. The van der Waals surface area contributed by atoms with E-state index in [1.54, 1.807) is 0 Å². The second-order valence-corrected chi connectivity index (χ2v) is 9.16. The van der Waals surface area contributed by atoms with Crippen molar-refractivity contribution in [3.63, 3.8) is 0 Å². The van der Waals surface area contributed by atoms with E-state index < -0.39 is 5.72 Å². The molecule has 0 radical (unpaired) electrons. The van der Waals surface area contributed by atoms with Gasteiger partial charge in [-0.05, 0) is 23.3 Å². The molecule has 0 aromatic heterocycles. The second-order valence-electron chi connectivity index (χ2n) is 9.16. The maximum absolute atomic E-state index is 14.4. The van der Waals surface area contributed by atoms with E-state index in [2.05, 4.69) is 18.2 Å². The lowest BCUT2D eigenvalue weighted by Crippen LogP contribution is -2.57. The molecule has 0 bridgehead atoms. The molecule has 3 heterocycles. The van der Waals surface area contributed by atoms with E-state index in [-0.39, 0.29) is 11.9 Å². The molecule has 0 N–H and O–H groups in total. The maximum atomic E-state index is 14.4. The molecule has 7 rings (SSSR count). The fraction of sp³-hybridized carbons (Fsp3) is 0.133. The minimum absolute atomic E-state index is 0.0937. The van der Waals surface area contributed by atoms with E-state index in [4.69, 9.17) is 9.84 Å². The molecule has 5 nitrogen and oxygen atoms in total. The highest BCUT2D eigenvalue weighted by Gasteiger charge is 2.63. The van der Waals surface area contributed by atoms with Crippen molar-refractivity contribution in [2.24, 2.45) is 5.10 Å². The normalized spacial score (nSPS) is 21.9. The molecule has 0 saturated heterocycles. The zero-order valence-electron chi connectivity index (χ0n) is 19.0. The Hall–Kier alpha value is -4.38. The topological polar surface area (TPSA) is 45.1 Å². The molecule has 35 heavy (non-hydrogen) atoms. The minimum atomic E-state index is -1.35. The largest absolute Gasteiger partial charge is 0.453 e. The Morgan fingerprint density at radius 1 is 0.829 bits per heavy atom. The summed E-state index contributed by atoms with van der Waals surface area (Å²) in [6.07, 6.45) is 0.709. The predicted octanol–water partition coefficient (Wildman–Crippen LogP) is 5.63. The first-order valence-electron chi connectivity index (χ1n) is 11.9. The van der Waals surface area contributed by atoms with Crippen LogP contribution in [0.1, 0.15) is 34.7 Å². The lowest BCUT2D eigenvalue weighted by molar-refractivity contribution is -0.164. The number of hydrogen-bond acceptors (Lipinski definition) is 4. The van der Waals surface area contributed by atoms with Gasteiger partial charge in [-0.2, -0.15) is 5.10 Å². The Morgan fingerprint density at radius 2 is 1.51 bits per heavy atom. The van der Waals surface area contributed by atoms with Crippen molar-refractivity contribution in [1.82, 2.24) is 5.01 Å². The van der Waals surface area contributed by atoms with E-state index in [1.165, 1.54) is 0 Å². The number of ether oxygens (including phenoxy) is 1. The van der Waals surface area contributed by atoms with E-state index >= 15 is 0 Å². The van der Waals surface area contributed by atoms with Crippen molar-refractivity contribution in [1.29, 1.82) is 0 Å². The van der Waals surface area contributed by atoms with Crippen LogP contribution < -0.4 is 9.64 Å². The molecule has 0 saturated carbocycles. The Bertz CT molecular complexity index is 1470. The van der Waals surface area contributed by atoms with Gasteiger partial charge in [-0.15, -0.1) is 0 Å². The van der Waals surface area contributed by atoms with Crippen molar-refractivity contribution in [3.05, 3.63) is 131 Å². The first-order valence-corrected chi connectivity index (χ1v) is 11.9. The number of amides is 1. The molecule has 2 atom stereocenters. The molecule has 3 aliphatic heterocycles. The molecule has 0 aliphatic carbocycles. The van der Waals surface area contributed by atoms with E-state index in [0.29, 0.717) is 13.0 Å². The van der Waals surface area contributed by atoms with Crippen molar-refractivity contribution in [2.75, 3.05) is 4.90 Å². The molecule has 5 heteroatoms. The number of hydrogen-bond donors (Lipinski definition) is 0. The maximum Gasteiger partial charge on any atom is 0.306 e. The molecular formula is C30H23N3O2. The van der Waals surface area contributed by atoms with Crippen LogP contribution in [0.3, 0.4) is 0 Å². The highest BCUT2D eigenvalue weighted by molar-refractivity contribution is 6.08. The van der Waals surface area contributed by atoms with Gasteiger partial charge in [0.05, 0.1) is 29.5 Å². The Labute approximate surface area is 203 Å². The van der Waals surface area contributed by atoms with Gasteiger partial charge >= 0.3 is 5.72 Å². The minimum Gasteiger partial charge on any atom is -0.453 e. The Balaban J connectivity index is 1.41. The van der Waals surface area contributed by atoms with Gasteiger partial charge in [0.25, 0.3) is 5.91 Å². The van der Waals surface area contributed by atoms with Crippen LogP contribution >= 0.6 is 0 Å². The summed E-state index contributed by atoms with van der Waals surface area (Å²) < 4.78 is 6.71.